The number of nitrogen functional groups attached to an aromatic ring is 1. The smallest absolute Gasteiger partial charge is 0.407 e. The molecule has 0 radical (unpaired) electrons. The van der Waals surface area contributed by atoms with E-state index in [9.17, 15) is 19.2 Å². The van der Waals surface area contributed by atoms with E-state index < -0.39 is 35.3 Å². The molecule has 17 nitrogen and oxygen atoms in total. The highest BCUT2D eigenvalue weighted by atomic mass is 127. The van der Waals surface area contributed by atoms with Crippen molar-refractivity contribution in [3.8, 4) is 0 Å². The number of benzene rings is 2. The Labute approximate surface area is 410 Å². The molecule has 2 amide bonds. The number of halogens is 3. The van der Waals surface area contributed by atoms with Crippen LogP contribution >= 0.6 is 45.8 Å². The summed E-state index contributed by atoms with van der Waals surface area (Å²) in [5.41, 5.74) is 7.32. The third-order valence-electron chi connectivity index (χ3n) is 10.2. The molecule has 2 atom stereocenters. The minimum Gasteiger partial charge on any atom is -0.461 e. The van der Waals surface area contributed by atoms with E-state index in [-0.39, 0.29) is 36.8 Å². The molecule has 2 aromatic carbocycles. The van der Waals surface area contributed by atoms with Gasteiger partial charge >= 0.3 is 24.1 Å². The summed E-state index contributed by atoms with van der Waals surface area (Å²) in [7, 11) is 0. The number of rotatable bonds is 12. The van der Waals surface area contributed by atoms with Crippen LogP contribution in [0.4, 0.5) is 27.3 Å². The zero-order chi connectivity index (χ0) is 48.3. The number of hydrogen-bond acceptors (Lipinski definition) is 13. The van der Waals surface area contributed by atoms with E-state index >= 15 is 0 Å². The van der Waals surface area contributed by atoms with Gasteiger partial charge in [0, 0.05) is 48.3 Å². The van der Waals surface area contributed by atoms with E-state index in [1.807, 2.05) is 93.5 Å². The molecule has 2 saturated heterocycles. The Bertz CT molecular complexity index is 2170. The van der Waals surface area contributed by atoms with Gasteiger partial charge in [-0.05, 0) is 127 Å². The first-order chi connectivity index (χ1) is 31.2. The van der Waals surface area contributed by atoms with Gasteiger partial charge in [0.05, 0.1) is 26.3 Å². The average Bonchev–Trinajstić information content (AvgIpc) is 3.73. The number of ether oxygens (including phenoxy) is 4. The van der Waals surface area contributed by atoms with Crippen molar-refractivity contribution in [2.24, 2.45) is 0 Å². The summed E-state index contributed by atoms with van der Waals surface area (Å²) in [4.78, 5) is 63.4. The summed E-state index contributed by atoms with van der Waals surface area (Å²) < 4.78 is 25.5. The van der Waals surface area contributed by atoms with Crippen LogP contribution in [-0.4, -0.2) is 106 Å². The molecule has 0 aliphatic carbocycles. The number of nitrogens with zero attached hydrogens (tertiary/aromatic N) is 6. The highest BCUT2D eigenvalue weighted by molar-refractivity contribution is 14.1. The predicted octanol–water partition coefficient (Wildman–Crippen LogP) is 8.70. The summed E-state index contributed by atoms with van der Waals surface area (Å²) in [5.74, 6) is 0.316. The summed E-state index contributed by atoms with van der Waals surface area (Å²) >= 11 is 14.9. The second-order valence-electron chi connectivity index (χ2n) is 17.9. The number of carbonyl (C=O) groups is 4. The fourth-order valence-electron chi connectivity index (χ4n) is 7.56. The zero-order valence-corrected chi connectivity index (χ0v) is 42.6. The van der Waals surface area contributed by atoms with Crippen LogP contribution in [0.15, 0.2) is 48.5 Å². The van der Waals surface area contributed by atoms with Crippen LogP contribution in [-0.2, 0) is 32.0 Å². The molecule has 0 unspecified atom stereocenters. The van der Waals surface area contributed by atoms with E-state index in [1.165, 1.54) is 0 Å². The number of nitrogens with two attached hydrogens (primary N) is 1. The molecule has 0 bridgehead atoms. The molecule has 360 valence electrons. The fourth-order valence-corrected chi connectivity index (χ4v) is 8.68. The van der Waals surface area contributed by atoms with Crippen molar-refractivity contribution in [2.75, 3.05) is 54.9 Å². The Morgan fingerprint density at radius 3 is 1.53 bits per heavy atom. The first kappa shape index (κ1) is 52.0. The quantitative estimate of drug-likeness (QED) is 0.0693. The number of hydrogen-bond donors (Lipinski definition) is 3. The van der Waals surface area contributed by atoms with Crippen molar-refractivity contribution in [1.82, 2.24) is 29.7 Å². The van der Waals surface area contributed by atoms with Crippen LogP contribution in [0.5, 0.6) is 0 Å². The minimum absolute atomic E-state index is 0.0947. The predicted molar refractivity (Wildman–Crippen MR) is 264 cm³/mol. The maximum atomic E-state index is 12.8. The van der Waals surface area contributed by atoms with Crippen molar-refractivity contribution in [3.63, 3.8) is 0 Å². The molecule has 2 aliphatic heterocycles. The number of imidazole rings is 2. The number of aromatic nitrogens is 4. The van der Waals surface area contributed by atoms with Gasteiger partial charge in [-0.3, -0.25) is 9.13 Å². The number of nitrogens with one attached hydrogen (secondary N) is 2. The van der Waals surface area contributed by atoms with E-state index in [2.05, 4.69) is 43.1 Å². The average molecular weight is 1070 g/mol. The van der Waals surface area contributed by atoms with Crippen LogP contribution in [0.2, 0.25) is 10.0 Å². The van der Waals surface area contributed by atoms with E-state index in [0.717, 1.165) is 43.4 Å². The highest BCUT2D eigenvalue weighted by Gasteiger charge is 2.33. The minimum atomic E-state index is -0.577. The van der Waals surface area contributed by atoms with Gasteiger partial charge < -0.3 is 45.1 Å². The van der Waals surface area contributed by atoms with E-state index in [4.69, 9.17) is 52.9 Å². The van der Waals surface area contributed by atoms with Crippen LogP contribution in [0.3, 0.4) is 0 Å². The van der Waals surface area contributed by atoms with E-state index in [0.29, 0.717) is 64.1 Å². The summed E-state index contributed by atoms with van der Waals surface area (Å²) in [6, 6.07) is 14.7. The lowest BCUT2D eigenvalue weighted by atomic mass is 10.1. The van der Waals surface area contributed by atoms with Crippen LogP contribution in [0.25, 0.3) is 0 Å². The van der Waals surface area contributed by atoms with Gasteiger partial charge in [0.25, 0.3) is 0 Å². The molecule has 2 fully saturated rings. The number of esters is 2. The molecule has 66 heavy (non-hydrogen) atoms. The monoisotopic (exact) mass is 1070 g/mol. The maximum absolute atomic E-state index is 12.8. The van der Waals surface area contributed by atoms with Gasteiger partial charge in [-0.25, -0.2) is 24.2 Å². The number of piperidine rings is 2. The Morgan fingerprint density at radius 2 is 1.11 bits per heavy atom. The van der Waals surface area contributed by atoms with Crippen LogP contribution < -0.4 is 26.2 Å². The number of alkyl carbamates (subject to hydrolysis) is 2. The Balaban J connectivity index is 0.000000247. The molecule has 20 heteroatoms. The zero-order valence-electron chi connectivity index (χ0n) is 38.9. The van der Waals surface area contributed by atoms with Crippen molar-refractivity contribution in [3.05, 3.63) is 84.8 Å². The lowest BCUT2D eigenvalue weighted by Gasteiger charge is -2.34. The lowest BCUT2D eigenvalue weighted by Crippen LogP contribution is -2.49. The van der Waals surface area contributed by atoms with Crippen LogP contribution in [0.1, 0.15) is 113 Å². The van der Waals surface area contributed by atoms with Gasteiger partial charge in [0.1, 0.15) is 14.9 Å². The normalized spacial score (nSPS) is 16.4. The number of carbonyl (C=O) groups excluding carboxylic acids is 4. The van der Waals surface area contributed by atoms with Gasteiger partial charge in [0.2, 0.25) is 11.9 Å². The molecule has 0 spiro atoms. The molecule has 2 aromatic heterocycles. The Hall–Kier alpha value is -4.95. The van der Waals surface area contributed by atoms with E-state index in [1.54, 1.807) is 24.5 Å². The Morgan fingerprint density at radius 1 is 0.697 bits per heavy atom. The first-order valence-corrected chi connectivity index (χ1v) is 23.9. The molecule has 6 rings (SSSR count). The van der Waals surface area contributed by atoms with Gasteiger partial charge in [-0.15, -0.1) is 0 Å². The second-order valence-corrected chi connectivity index (χ2v) is 19.7. The topological polar surface area (TPSA) is 197 Å². The molecular formula is C46H62Cl2IN9O8. The molecule has 2 aliphatic rings. The fraction of sp³-hybridized carbons (Fsp3) is 0.522. The summed E-state index contributed by atoms with van der Waals surface area (Å²) in [6.45, 7) is 18.2. The molecule has 4 N–H and O–H groups in total. The first-order valence-electron chi connectivity index (χ1n) is 22.1. The SMILES string of the molecule is CCOC(=O)c1c(I)nc(N2CCC[C@@H](NC(=O)OC(C)(C)C)C2)n1Cc1ccccc1Cl.CCOC(=O)c1c(N)nc(N2CCC[C@@H](NC(=O)OC(C)(C)C)C2)n1Cc1ccccc1Cl. The summed E-state index contributed by atoms with van der Waals surface area (Å²) in [5, 5.41) is 7.09. The maximum Gasteiger partial charge on any atom is 0.407 e. The lowest BCUT2D eigenvalue weighted by molar-refractivity contribution is 0.0487. The van der Waals surface area contributed by atoms with Gasteiger partial charge in [-0.2, -0.15) is 4.98 Å². The van der Waals surface area contributed by atoms with Crippen LogP contribution in [0, 0.1) is 3.70 Å². The summed E-state index contributed by atoms with van der Waals surface area (Å²) in [6.07, 6.45) is 2.44. The molecule has 4 aromatic rings. The molecular weight excluding hydrogens is 1000 g/mol. The van der Waals surface area contributed by atoms with Crippen molar-refractivity contribution in [2.45, 2.75) is 117 Å². The molecule has 4 heterocycles. The Kier molecular flexibility index (Phi) is 18.3. The van der Waals surface area contributed by atoms with Crippen molar-refractivity contribution >= 4 is 87.6 Å². The van der Waals surface area contributed by atoms with Gasteiger partial charge in [-0.1, -0.05) is 59.6 Å². The number of amides is 2. The third kappa shape index (κ3) is 14.5. The second kappa shape index (κ2) is 23.2. The third-order valence-corrected chi connectivity index (χ3v) is 11.7. The van der Waals surface area contributed by atoms with Crippen molar-refractivity contribution in [1.29, 1.82) is 0 Å². The van der Waals surface area contributed by atoms with Crippen molar-refractivity contribution < 1.29 is 38.1 Å². The standard InChI is InChI=1S/C23H30ClIN4O4.C23H32ClN5O4/c2*1-5-32-20(30)18-19(25)27-21(29(18)13-15-9-6-7-11-17(15)24)28-12-8-10-16(14-28)26-22(31)33-23(2,3)4/h6-7,9,11,16H,5,8,10,12-14H2,1-4H3,(H,26,31);6-7,9,11,16H,5,8,10,12-14,25H2,1-4H3,(H,26,31)/t2*16-/m11/s1. The largest absolute Gasteiger partial charge is 0.461 e. The van der Waals surface area contributed by atoms with Gasteiger partial charge in [0.15, 0.2) is 17.2 Å². The highest BCUT2D eigenvalue weighted by Crippen LogP contribution is 2.30. The number of anilines is 3. The molecule has 0 saturated carbocycles.